The molecule has 0 radical (unpaired) electrons. The molecular weight excluding hydrogens is 308 g/mol. The van der Waals surface area contributed by atoms with Crippen LogP contribution in [0.2, 0.25) is 0 Å². The molecule has 3 atom stereocenters. The van der Waals surface area contributed by atoms with Gasteiger partial charge in [0.2, 0.25) is 0 Å². The van der Waals surface area contributed by atoms with Crippen molar-refractivity contribution in [1.29, 1.82) is 0 Å². The van der Waals surface area contributed by atoms with Crippen LogP contribution in [0.3, 0.4) is 0 Å². The van der Waals surface area contributed by atoms with Crippen molar-refractivity contribution in [3.63, 3.8) is 0 Å². The minimum Gasteiger partial charge on any atom is -0.390 e. The Morgan fingerprint density at radius 3 is 2.67 bits per heavy atom. The Balaban J connectivity index is 1.76. The number of aliphatic hydroxyl groups is 2. The monoisotopic (exact) mass is 330 g/mol. The van der Waals surface area contributed by atoms with Gasteiger partial charge in [0.25, 0.3) is 5.91 Å². The minimum atomic E-state index is -0.934. The van der Waals surface area contributed by atoms with E-state index in [4.69, 9.17) is 4.52 Å². The maximum atomic E-state index is 12.6. The lowest BCUT2D eigenvalue weighted by molar-refractivity contribution is -0.0527. The number of nitrogens with zero attached hydrogens (tertiary/aromatic N) is 2. The zero-order chi connectivity index (χ0) is 17.3. The Morgan fingerprint density at radius 1 is 1.25 bits per heavy atom. The average molecular weight is 330 g/mol. The van der Waals surface area contributed by atoms with Gasteiger partial charge in [0, 0.05) is 18.7 Å². The van der Waals surface area contributed by atoms with Crippen molar-refractivity contribution in [2.24, 2.45) is 0 Å². The number of aromatic nitrogens is 1. The zero-order valence-electron chi connectivity index (χ0n) is 13.8. The van der Waals surface area contributed by atoms with E-state index in [0.717, 1.165) is 17.5 Å². The van der Waals surface area contributed by atoms with E-state index in [1.165, 1.54) is 4.90 Å². The lowest BCUT2D eigenvalue weighted by Crippen LogP contribution is -2.51. The summed E-state index contributed by atoms with van der Waals surface area (Å²) in [4.78, 5) is 14.1. The maximum Gasteiger partial charge on any atom is 0.276 e. The highest BCUT2D eigenvalue weighted by Gasteiger charge is 2.36. The summed E-state index contributed by atoms with van der Waals surface area (Å²) in [6, 6.07) is 8.94. The van der Waals surface area contributed by atoms with Crippen molar-refractivity contribution in [2.75, 3.05) is 7.05 Å². The van der Waals surface area contributed by atoms with Gasteiger partial charge in [-0.3, -0.25) is 4.79 Å². The summed E-state index contributed by atoms with van der Waals surface area (Å²) in [7, 11) is 1.62. The summed E-state index contributed by atoms with van der Waals surface area (Å²) in [5.41, 5.74) is 2.18. The number of carbonyl (C=O) groups excluding carboxylic acids is 1. The lowest BCUT2D eigenvalue weighted by atomic mass is 9.89. The second-order valence-electron chi connectivity index (χ2n) is 6.41. The van der Waals surface area contributed by atoms with Gasteiger partial charge in [0.1, 0.15) is 6.10 Å². The molecule has 0 spiro atoms. The average Bonchev–Trinajstić information content (AvgIpc) is 3.06. The fraction of sp³-hybridized carbons (Fsp3) is 0.444. The standard InChI is InChI=1S/C18H22N2O4/c1-11-6-8-12(9-7-11)16-10-13(19-24-16)18(23)20(2)14-4-3-5-15(21)17(14)22/h6-10,14-15,17,21-22H,3-5H2,1-2H3/t14-,15-,17-/m1/s1. The topological polar surface area (TPSA) is 86.8 Å². The molecule has 2 N–H and O–H groups in total. The van der Waals surface area contributed by atoms with Gasteiger partial charge in [-0.25, -0.2) is 0 Å². The number of rotatable bonds is 3. The second-order valence-corrected chi connectivity index (χ2v) is 6.41. The van der Waals surface area contributed by atoms with Crippen LogP contribution in [-0.2, 0) is 0 Å². The lowest BCUT2D eigenvalue weighted by Gasteiger charge is -2.37. The minimum absolute atomic E-state index is 0.195. The van der Waals surface area contributed by atoms with E-state index in [-0.39, 0.29) is 11.6 Å². The Hall–Kier alpha value is -2.18. The molecule has 1 aliphatic rings. The third-order valence-electron chi connectivity index (χ3n) is 4.67. The highest BCUT2D eigenvalue weighted by atomic mass is 16.5. The Labute approximate surface area is 140 Å². The Bertz CT molecular complexity index is 710. The van der Waals surface area contributed by atoms with E-state index in [2.05, 4.69) is 5.16 Å². The van der Waals surface area contributed by atoms with Gasteiger partial charge in [-0.05, 0) is 26.2 Å². The first-order valence-electron chi connectivity index (χ1n) is 8.14. The molecule has 6 nitrogen and oxygen atoms in total. The Kier molecular flexibility index (Phi) is 4.69. The van der Waals surface area contributed by atoms with Crippen LogP contribution in [0.4, 0.5) is 0 Å². The third kappa shape index (κ3) is 3.20. The van der Waals surface area contributed by atoms with Crippen LogP contribution >= 0.6 is 0 Å². The van der Waals surface area contributed by atoms with Crippen LogP contribution in [0.5, 0.6) is 0 Å². The molecular formula is C18H22N2O4. The van der Waals surface area contributed by atoms with Gasteiger partial charge in [-0.15, -0.1) is 0 Å². The number of likely N-dealkylation sites (N-methyl/N-ethyl adjacent to an activating group) is 1. The molecule has 0 bridgehead atoms. The zero-order valence-corrected chi connectivity index (χ0v) is 13.8. The van der Waals surface area contributed by atoms with Crippen molar-refractivity contribution >= 4 is 5.91 Å². The fourth-order valence-electron chi connectivity index (χ4n) is 3.12. The van der Waals surface area contributed by atoms with Gasteiger partial charge in [-0.2, -0.15) is 0 Å². The normalized spacial score (nSPS) is 23.9. The molecule has 6 heteroatoms. The SMILES string of the molecule is Cc1ccc(-c2cc(C(=O)N(C)[C@@H]3CCC[C@@H](O)[C@@H]3O)no2)cc1. The van der Waals surface area contributed by atoms with Gasteiger partial charge in [0.05, 0.1) is 12.1 Å². The molecule has 0 aliphatic heterocycles. The van der Waals surface area contributed by atoms with Gasteiger partial charge in [-0.1, -0.05) is 35.0 Å². The predicted molar refractivity (Wildman–Crippen MR) is 88.4 cm³/mol. The number of carbonyl (C=O) groups is 1. The molecule has 0 unspecified atom stereocenters. The summed E-state index contributed by atoms with van der Waals surface area (Å²) in [5.74, 6) is 0.200. The smallest absolute Gasteiger partial charge is 0.276 e. The number of amides is 1. The first-order valence-corrected chi connectivity index (χ1v) is 8.14. The molecule has 1 fully saturated rings. The van der Waals surface area contributed by atoms with E-state index >= 15 is 0 Å². The fourth-order valence-corrected chi connectivity index (χ4v) is 3.12. The number of aliphatic hydroxyl groups excluding tert-OH is 2. The van der Waals surface area contributed by atoms with E-state index in [1.54, 1.807) is 13.1 Å². The van der Waals surface area contributed by atoms with E-state index in [1.807, 2.05) is 31.2 Å². The summed E-state index contributed by atoms with van der Waals surface area (Å²) < 4.78 is 5.29. The van der Waals surface area contributed by atoms with E-state index in [9.17, 15) is 15.0 Å². The number of benzene rings is 1. The second kappa shape index (κ2) is 6.75. The molecule has 1 aromatic heterocycles. The van der Waals surface area contributed by atoms with E-state index < -0.39 is 18.2 Å². The molecule has 1 aromatic carbocycles. The molecule has 128 valence electrons. The van der Waals surface area contributed by atoms with Crippen LogP contribution < -0.4 is 0 Å². The molecule has 2 aromatic rings. The van der Waals surface area contributed by atoms with Gasteiger partial charge in [0.15, 0.2) is 11.5 Å². The number of hydrogen-bond donors (Lipinski definition) is 2. The predicted octanol–water partition coefficient (Wildman–Crippen LogP) is 2.00. The van der Waals surface area contributed by atoms with Crippen LogP contribution in [-0.4, -0.2) is 51.5 Å². The third-order valence-corrected chi connectivity index (χ3v) is 4.67. The molecule has 24 heavy (non-hydrogen) atoms. The van der Waals surface area contributed by atoms with Crippen LogP contribution in [0.1, 0.15) is 35.3 Å². The summed E-state index contributed by atoms with van der Waals surface area (Å²) in [5, 5.41) is 23.8. The first kappa shape index (κ1) is 16.7. The molecule has 1 saturated carbocycles. The molecule has 1 heterocycles. The molecule has 3 rings (SSSR count). The van der Waals surface area contributed by atoms with Gasteiger partial charge < -0.3 is 19.6 Å². The van der Waals surface area contributed by atoms with Crippen LogP contribution in [0.15, 0.2) is 34.9 Å². The number of aryl methyl sites for hydroxylation is 1. The van der Waals surface area contributed by atoms with Crippen molar-refractivity contribution in [3.8, 4) is 11.3 Å². The van der Waals surface area contributed by atoms with Crippen molar-refractivity contribution < 1.29 is 19.5 Å². The molecule has 1 aliphatic carbocycles. The number of hydrogen-bond acceptors (Lipinski definition) is 5. The van der Waals surface area contributed by atoms with Crippen LogP contribution in [0, 0.1) is 6.92 Å². The highest BCUT2D eigenvalue weighted by Crippen LogP contribution is 2.25. The summed E-state index contributed by atoms with van der Waals surface area (Å²) in [6.07, 6.45) is 0.258. The molecule has 0 saturated heterocycles. The van der Waals surface area contributed by atoms with Crippen LogP contribution in [0.25, 0.3) is 11.3 Å². The van der Waals surface area contributed by atoms with E-state index in [0.29, 0.717) is 18.6 Å². The summed E-state index contributed by atoms with van der Waals surface area (Å²) >= 11 is 0. The molecule has 1 amide bonds. The highest BCUT2D eigenvalue weighted by molar-refractivity contribution is 5.93. The largest absolute Gasteiger partial charge is 0.390 e. The maximum absolute atomic E-state index is 12.6. The summed E-state index contributed by atoms with van der Waals surface area (Å²) in [6.45, 7) is 2.00. The van der Waals surface area contributed by atoms with Gasteiger partial charge >= 0.3 is 0 Å². The van der Waals surface area contributed by atoms with Crippen molar-refractivity contribution in [2.45, 2.75) is 44.4 Å². The Morgan fingerprint density at radius 2 is 1.96 bits per heavy atom. The van der Waals surface area contributed by atoms with Crippen molar-refractivity contribution in [3.05, 3.63) is 41.6 Å². The quantitative estimate of drug-likeness (QED) is 0.899. The van der Waals surface area contributed by atoms with Crippen molar-refractivity contribution in [1.82, 2.24) is 10.1 Å². The first-order chi connectivity index (χ1) is 11.5.